The molecule has 0 atom stereocenters. The van der Waals surface area contributed by atoms with Crippen LogP contribution in [0.3, 0.4) is 0 Å². The number of nitrogens with one attached hydrogen (secondary N) is 1. The number of aryl methyl sites for hydroxylation is 2. The van der Waals surface area contributed by atoms with Gasteiger partial charge < -0.3 is 10.1 Å². The number of aromatic nitrogens is 2. The summed E-state index contributed by atoms with van der Waals surface area (Å²) in [6, 6.07) is 5.62. The van der Waals surface area contributed by atoms with Crippen molar-refractivity contribution in [3.63, 3.8) is 0 Å². The van der Waals surface area contributed by atoms with E-state index < -0.39 is 10.0 Å². The van der Waals surface area contributed by atoms with Crippen LogP contribution in [0.1, 0.15) is 24.0 Å². The Hall–Kier alpha value is -2.18. The second-order valence-corrected chi connectivity index (χ2v) is 10.6. The first-order chi connectivity index (χ1) is 14.1. The van der Waals surface area contributed by atoms with Crippen molar-refractivity contribution in [1.82, 2.24) is 10.2 Å². The number of thioether (sulfide) groups is 1. The highest BCUT2D eigenvalue weighted by Crippen LogP contribution is 2.26. The Kier molecular flexibility index (Phi) is 8.62. The minimum Gasteiger partial charge on any atom is -0.468 e. The summed E-state index contributed by atoms with van der Waals surface area (Å²) in [5.41, 5.74) is 2.43. The van der Waals surface area contributed by atoms with Crippen molar-refractivity contribution < 1.29 is 22.7 Å². The van der Waals surface area contributed by atoms with Gasteiger partial charge in [-0.25, -0.2) is 8.42 Å². The van der Waals surface area contributed by atoms with Crippen molar-refractivity contribution in [2.24, 2.45) is 0 Å². The van der Waals surface area contributed by atoms with E-state index in [0.29, 0.717) is 21.6 Å². The van der Waals surface area contributed by atoms with Crippen LogP contribution in [0, 0.1) is 13.8 Å². The molecule has 0 aliphatic carbocycles. The fraction of sp³-hybridized carbons (Fsp3) is 0.444. The SMILES string of the molecule is COC(=O)CSc1nnc(NC(=O)CCCN(c2cc(C)ccc2C)S(C)(=O)=O)s1. The molecule has 1 aromatic heterocycles. The van der Waals surface area contributed by atoms with Gasteiger partial charge in [0.2, 0.25) is 21.1 Å². The Morgan fingerprint density at radius 2 is 2.00 bits per heavy atom. The molecule has 2 rings (SSSR count). The minimum atomic E-state index is -3.49. The third-order valence-corrected chi connectivity index (χ3v) is 7.12. The molecular weight excluding hydrogens is 448 g/mol. The Balaban J connectivity index is 1.91. The summed E-state index contributed by atoms with van der Waals surface area (Å²) >= 11 is 2.32. The molecule has 0 saturated heterocycles. The van der Waals surface area contributed by atoms with Crippen molar-refractivity contribution in [2.45, 2.75) is 31.0 Å². The van der Waals surface area contributed by atoms with E-state index in [0.717, 1.165) is 28.7 Å². The van der Waals surface area contributed by atoms with E-state index in [-0.39, 0.29) is 30.6 Å². The zero-order valence-corrected chi connectivity index (χ0v) is 19.6. The van der Waals surface area contributed by atoms with E-state index >= 15 is 0 Å². The first-order valence-corrected chi connectivity index (χ1v) is 12.6. The summed E-state index contributed by atoms with van der Waals surface area (Å²) in [5.74, 6) is -0.552. The molecule has 1 amide bonds. The number of hydrogen-bond acceptors (Lipinski definition) is 9. The van der Waals surface area contributed by atoms with Crippen LogP contribution in [-0.2, 0) is 24.3 Å². The molecule has 0 aliphatic rings. The van der Waals surface area contributed by atoms with Crippen molar-refractivity contribution in [3.8, 4) is 0 Å². The number of amides is 1. The number of methoxy groups -OCH3 is 1. The van der Waals surface area contributed by atoms with Gasteiger partial charge in [0, 0.05) is 13.0 Å². The standard InChI is InChI=1S/C18H24N4O5S3/c1-12-7-8-13(2)14(10-12)22(30(4,25)26)9-5-6-15(23)19-17-20-21-18(29-17)28-11-16(24)27-3/h7-8,10H,5-6,9,11H2,1-4H3,(H,19,20,23). The normalized spacial score (nSPS) is 11.2. The number of esters is 1. The molecule has 1 N–H and O–H groups in total. The first-order valence-electron chi connectivity index (χ1n) is 8.98. The van der Waals surface area contributed by atoms with Gasteiger partial charge in [-0.1, -0.05) is 35.2 Å². The second-order valence-electron chi connectivity index (χ2n) is 6.51. The molecule has 1 heterocycles. The van der Waals surface area contributed by atoms with Crippen LogP contribution >= 0.6 is 23.1 Å². The van der Waals surface area contributed by atoms with E-state index in [4.69, 9.17) is 0 Å². The number of benzene rings is 1. The summed E-state index contributed by atoms with van der Waals surface area (Å²) < 4.78 is 31.0. The quantitative estimate of drug-likeness (QED) is 0.318. The second kappa shape index (κ2) is 10.7. The van der Waals surface area contributed by atoms with Crippen LogP contribution in [-0.4, -0.2) is 56.2 Å². The van der Waals surface area contributed by atoms with Crippen molar-refractivity contribution in [1.29, 1.82) is 0 Å². The summed E-state index contributed by atoms with van der Waals surface area (Å²) in [7, 11) is -2.18. The highest BCUT2D eigenvalue weighted by atomic mass is 32.2. The summed E-state index contributed by atoms with van der Waals surface area (Å²) in [6.45, 7) is 3.94. The molecule has 0 aliphatic heterocycles. The maximum Gasteiger partial charge on any atom is 0.316 e. The van der Waals surface area contributed by atoms with Gasteiger partial charge in [0.15, 0.2) is 4.34 Å². The molecule has 2 aromatic rings. The number of rotatable bonds is 10. The van der Waals surface area contributed by atoms with Gasteiger partial charge in [0.05, 0.1) is 24.8 Å². The molecule has 164 valence electrons. The zero-order valence-electron chi connectivity index (χ0n) is 17.2. The molecule has 12 heteroatoms. The lowest BCUT2D eigenvalue weighted by molar-refractivity contribution is -0.137. The number of sulfonamides is 1. The molecule has 1 aromatic carbocycles. The average molecular weight is 473 g/mol. The molecule has 0 fully saturated rings. The van der Waals surface area contributed by atoms with Gasteiger partial charge in [0.1, 0.15) is 0 Å². The van der Waals surface area contributed by atoms with Crippen LogP contribution in [0.15, 0.2) is 22.5 Å². The average Bonchev–Trinajstić information content (AvgIpc) is 3.11. The lowest BCUT2D eigenvalue weighted by Gasteiger charge is -2.24. The van der Waals surface area contributed by atoms with Crippen LogP contribution in [0.4, 0.5) is 10.8 Å². The monoisotopic (exact) mass is 472 g/mol. The number of ether oxygens (including phenoxy) is 1. The lowest BCUT2D eigenvalue weighted by Crippen LogP contribution is -2.32. The van der Waals surface area contributed by atoms with E-state index in [2.05, 4.69) is 20.3 Å². The van der Waals surface area contributed by atoms with E-state index in [1.54, 1.807) is 0 Å². The highest BCUT2D eigenvalue weighted by Gasteiger charge is 2.20. The molecular formula is C18H24N4O5S3. The van der Waals surface area contributed by atoms with Gasteiger partial charge >= 0.3 is 5.97 Å². The molecule has 0 unspecified atom stereocenters. The summed E-state index contributed by atoms with van der Waals surface area (Å²) in [6.07, 6.45) is 1.62. The predicted molar refractivity (Wildman–Crippen MR) is 119 cm³/mol. The van der Waals surface area contributed by atoms with Gasteiger partial charge in [-0.3, -0.25) is 13.9 Å². The largest absolute Gasteiger partial charge is 0.468 e. The zero-order chi connectivity index (χ0) is 22.3. The lowest BCUT2D eigenvalue weighted by atomic mass is 10.1. The van der Waals surface area contributed by atoms with Gasteiger partial charge in [-0.2, -0.15) is 0 Å². The third kappa shape index (κ3) is 7.26. The number of hydrogen-bond donors (Lipinski definition) is 1. The molecule has 0 bridgehead atoms. The molecule has 9 nitrogen and oxygen atoms in total. The first kappa shape index (κ1) is 24.1. The fourth-order valence-corrected chi connectivity index (χ4v) is 5.13. The Morgan fingerprint density at radius 1 is 1.27 bits per heavy atom. The Labute approximate surface area is 184 Å². The number of carbonyl (C=O) groups is 2. The van der Waals surface area contributed by atoms with E-state index in [9.17, 15) is 18.0 Å². The maximum atomic E-state index is 12.3. The van der Waals surface area contributed by atoms with Gasteiger partial charge in [0.25, 0.3) is 0 Å². The van der Waals surface area contributed by atoms with Crippen LogP contribution in [0.5, 0.6) is 0 Å². The predicted octanol–water partition coefficient (Wildman–Crippen LogP) is 2.60. The molecule has 30 heavy (non-hydrogen) atoms. The molecule has 0 saturated carbocycles. The Bertz CT molecular complexity index is 1010. The number of nitrogens with zero attached hydrogens (tertiary/aromatic N) is 3. The van der Waals surface area contributed by atoms with Gasteiger partial charge in [-0.05, 0) is 37.5 Å². The number of carbonyl (C=O) groups excluding carboxylic acids is 2. The van der Waals surface area contributed by atoms with Crippen LogP contribution in [0.2, 0.25) is 0 Å². The van der Waals surface area contributed by atoms with Crippen LogP contribution < -0.4 is 9.62 Å². The van der Waals surface area contributed by atoms with Crippen LogP contribution in [0.25, 0.3) is 0 Å². The van der Waals surface area contributed by atoms with Crippen molar-refractivity contribution in [3.05, 3.63) is 29.3 Å². The van der Waals surface area contributed by atoms with E-state index in [1.807, 2.05) is 32.0 Å². The topological polar surface area (TPSA) is 119 Å². The minimum absolute atomic E-state index is 0.110. The summed E-state index contributed by atoms with van der Waals surface area (Å²) in [5, 5.41) is 10.7. The fourth-order valence-electron chi connectivity index (χ4n) is 2.52. The van der Waals surface area contributed by atoms with E-state index in [1.165, 1.54) is 23.2 Å². The number of anilines is 2. The Morgan fingerprint density at radius 3 is 2.67 bits per heavy atom. The summed E-state index contributed by atoms with van der Waals surface area (Å²) in [4.78, 5) is 23.4. The smallest absolute Gasteiger partial charge is 0.316 e. The molecule has 0 spiro atoms. The maximum absolute atomic E-state index is 12.3. The molecule has 0 radical (unpaired) electrons. The third-order valence-electron chi connectivity index (χ3n) is 3.99. The van der Waals surface area contributed by atoms with Crippen molar-refractivity contribution in [2.75, 3.05) is 35.3 Å². The highest BCUT2D eigenvalue weighted by molar-refractivity contribution is 8.01. The van der Waals surface area contributed by atoms with Crippen molar-refractivity contribution >= 4 is 55.8 Å². The van der Waals surface area contributed by atoms with Gasteiger partial charge in [-0.15, -0.1) is 10.2 Å².